The standard InChI is InChI=1S/C22H27NO4/c1-4-27-22(25)13-14-23(16-19-7-5-17(2)6-8-19)21(24)15-18-9-11-20(26-3)12-10-18/h5-12H,4,13-16H2,1-3H3. The molecule has 0 saturated heterocycles. The van der Waals surface area contributed by atoms with Crippen LogP contribution < -0.4 is 4.74 Å². The summed E-state index contributed by atoms with van der Waals surface area (Å²) in [7, 11) is 1.61. The molecule has 1 amide bonds. The smallest absolute Gasteiger partial charge is 0.307 e. The van der Waals surface area contributed by atoms with E-state index in [-0.39, 0.29) is 24.7 Å². The Labute approximate surface area is 160 Å². The van der Waals surface area contributed by atoms with Crippen molar-refractivity contribution in [1.82, 2.24) is 4.90 Å². The van der Waals surface area contributed by atoms with E-state index in [1.165, 1.54) is 5.56 Å². The number of ether oxygens (including phenoxy) is 2. The minimum atomic E-state index is -0.288. The molecular formula is C22H27NO4. The first-order valence-electron chi connectivity index (χ1n) is 9.13. The molecule has 0 unspecified atom stereocenters. The third-order valence-electron chi connectivity index (χ3n) is 4.25. The highest BCUT2D eigenvalue weighted by Crippen LogP contribution is 2.14. The molecular weight excluding hydrogens is 342 g/mol. The van der Waals surface area contributed by atoms with Crippen LogP contribution in [0.4, 0.5) is 0 Å². The maximum Gasteiger partial charge on any atom is 0.307 e. The van der Waals surface area contributed by atoms with E-state index in [1.807, 2.05) is 55.5 Å². The summed E-state index contributed by atoms with van der Waals surface area (Å²) in [5, 5.41) is 0. The summed E-state index contributed by atoms with van der Waals surface area (Å²) < 4.78 is 10.1. The lowest BCUT2D eigenvalue weighted by Crippen LogP contribution is -2.34. The fourth-order valence-corrected chi connectivity index (χ4v) is 2.70. The van der Waals surface area contributed by atoms with Gasteiger partial charge in [-0.15, -0.1) is 0 Å². The summed E-state index contributed by atoms with van der Waals surface area (Å²) in [6.07, 6.45) is 0.465. The molecule has 2 rings (SSSR count). The second-order valence-corrected chi connectivity index (χ2v) is 6.38. The number of esters is 1. The van der Waals surface area contributed by atoms with Gasteiger partial charge < -0.3 is 14.4 Å². The first-order chi connectivity index (χ1) is 13.0. The lowest BCUT2D eigenvalue weighted by atomic mass is 10.1. The SMILES string of the molecule is CCOC(=O)CCN(Cc1ccc(C)cc1)C(=O)Cc1ccc(OC)cc1. The Kier molecular flexibility index (Phi) is 7.86. The molecule has 0 radical (unpaired) electrons. The van der Waals surface area contributed by atoms with Gasteiger partial charge in [-0.25, -0.2) is 0 Å². The van der Waals surface area contributed by atoms with E-state index in [4.69, 9.17) is 9.47 Å². The number of nitrogens with zero attached hydrogens (tertiary/aromatic N) is 1. The van der Waals surface area contributed by atoms with Gasteiger partial charge in [0.1, 0.15) is 5.75 Å². The van der Waals surface area contributed by atoms with E-state index in [9.17, 15) is 9.59 Å². The van der Waals surface area contributed by atoms with Gasteiger partial charge in [-0.1, -0.05) is 42.0 Å². The van der Waals surface area contributed by atoms with Gasteiger partial charge >= 0.3 is 5.97 Å². The number of aryl methyl sites for hydroxylation is 1. The molecule has 0 heterocycles. The fraction of sp³-hybridized carbons (Fsp3) is 0.364. The first-order valence-corrected chi connectivity index (χ1v) is 9.13. The van der Waals surface area contributed by atoms with Gasteiger partial charge in [-0.05, 0) is 37.1 Å². The van der Waals surface area contributed by atoms with Crippen LogP contribution in [0.5, 0.6) is 5.75 Å². The molecule has 0 aromatic heterocycles. The zero-order valence-corrected chi connectivity index (χ0v) is 16.2. The molecule has 0 bridgehead atoms. The normalized spacial score (nSPS) is 10.3. The molecule has 144 valence electrons. The molecule has 27 heavy (non-hydrogen) atoms. The van der Waals surface area contributed by atoms with Crippen LogP contribution in [-0.2, 0) is 27.3 Å². The third-order valence-corrected chi connectivity index (χ3v) is 4.25. The zero-order chi connectivity index (χ0) is 19.6. The molecule has 5 heteroatoms. The molecule has 0 N–H and O–H groups in total. The monoisotopic (exact) mass is 369 g/mol. The van der Waals surface area contributed by atoms with Crippen LogP contribution in [0.1, 0.15) is 30.0 Å². The maximum absolute atomic E-state index is 12.9. The van der Waals surface area contributed by atoms with Gasteiger partial charge in [0.05, 0.1) is 26.6 Å². The number of benzene rings is 2. The third kappa shape index (κ3) is 6.77. The average molecular weight is 369 g/mol. The highest BCUT2D eigenvalue weighted by Gasteiger charge is 2.16. The van der Waals surface area contributed by atoms with Crippen molar-refractivity contribution in [3.8, 4) is 5.75 Å². The fourth-order valence-electron chi connectivity index (χ4n) is 2.70. The van der Waals surface area contributed by atoms with Crippen LogP contribution in [-0.4, -0.2) is 37.0 Å². The van der Waals surface area contributed by atoms with Gasteiger partial charge in [0.15, 0.2) is 0 Å². The summed E-state index contributed by atoms with van der Waals surface area (Å²) in [5.41, 5.74) is 3.11. The van der Waals surface area contributed by atoms with Gasteiger partial charge in [0.25, 0.3) is 0 Å². The quantitative estimate of drug-likeness (QED) is 0.635. The van der Waals surface area contributed by atoms with Crippen molar-refractivity contribution in [2.24, 2.45) is 0 Å². The summed E-state index contributed by atoms with van der Waals surface area (Å²) in [4.78, 5) is 26.3. The second-order valence-electron chi connectivity index (χ2n) is 6.38. The van der Waals surface area contributed by atoms with Gasteiger partial charge in [0, 0.05) is 13.1 Å². The van der Waals surface area contributed by atoms with Crippen LogP contribution in [0.2, 0.25) is 0 Å². The molecule has 0 aliphatic heterocycles. The van der Waals surface area contributed by atoms with Crippen molar-refractivity contribution < 1.29 is 19.1 Å². The van der Waals surface area contributed by atoms with E-state index in [0.29, 0.717) is 19.7 Å². The van der Waals surface area contributed by atoms with E-state index in [1.54, 1.807) is 18.9 Å². The summed E-state index contributed by atoms with van der Waals surface area (Å²) >= 11 is 0. The summed E-state index contributed by atoms with van der Waals surface area (Å²) in [6, 6.07) is 15.5. The van der Waals surface area contributed by atoms with E-state index in [2.05, 4.69) is 0 Å². The number of hydrogen-bond acceptors (Lipinski definition) is 4. The molecule has 2 aromatic rings. The van der Waals surface area contributed by atoms with Crippen LogP contribution >= 0.6 is 0 Å². The number of rotatable bonds is 9. The highest BCUT2D eigenvalue weighted by atomic mass is 16.5. The molecule has 2 aromatic carbocycles. The van der Waals surface area contributed by atoms with Crippen LogP contribution in [0.25, 0.3) is 0 Å². The summed E-state index contributed by atoms with van der Waals surface area (Å²) in [5.74, 6) is 0.443. The molecule has 0 atom stereocenters. The van der Waals surface area contributed by atoms with Crippen molar-refractivity contribution in [1.29, 1.82) is 0 Å². The van der Waals surface area contributed by atoms with E-state index >= 15 is 0 Å². The lowest BCUT2D eigenvalue weighted by Gasteiger charge is -2.23. The predicted molar refractivity (Wildman–Crippen MR) is 105 cm³/mol. The molecule has 0 spiro atoms. The number of methoxy groups -OCH3 is 1. The molecule has 0 saturated carbocycles. The molecule has 5 nitrogen and oxygen atoms in total. The topological polar surface area (TPSA) is 55.8 Å². The van der Waals surface area contributed by atoms with Crippen molar-refractivity contribution in [2.45, 2.75) is 33.2 Å². The van der Waals surface area contributed by atoms with E-state index in [0.717, 1.165) is 16.9 Å². The Morgan fingerprint density at radius 3 is 2.19 bits per heavy atom. The average Bonchev–Trinajstić information content (AvgIpc) is 2.67. The Morgan fingerprint density at radius 2 is 1.59 bits per heavy atom. The van der Waals surface area contributed by atoms with Crippen molar-refractivity contribution in [2.75, 3.05) is 20.3 Å². The minimum absolute atomic E-state index is 0.0231. The van der Waals surface area contributed by atoms with E-state index < -0.39 is 0 Å². The van der Waals surface area contributed by atoms with Crippen molar-refractivity contribution >= 4 is 11.9 Å². The Morgan fingerprint density at radius 1 is 0.963 bits per heavy atom. The summed E-state index contributed by atoms with van der Waals surface area (Å²) in [6.45, 7) is 4.95. The van der Waals surface area contributed by atoms with Crippen LogP contribution in [0.15, 0.2) is 48.5 Å². The highest BCUT2D eigenvalue weighted by molar-refractivity contribution is 5.79. The number of amides is 1. The van der Waals surface area contributed by atoms with Crippen molar-refractivity contribution in [3.05, 3.63) is 65.2 Å². The Bertz CT molecular complexity index is 738. The lowest BCUT2D eigenvalue weighted by molar-refractivity contribution is -0.144. The number of carbonyl (C=O) groups excluding carboxylic acids is 2. The van der Waals surface area contributed by atoms with Crippen LogP contribution in [0.3, 0.4) is 0 Å². The first kappa shape index (κ1) is 20.5. The van der Waals surface area contributed by atoms with Gasteiger partial charge in [0.2, 0.25) is 5.91 Å². The minimum Gasteiger partial charge on any atom is -0.497 e. The molecule has 0 aliphatic rings. The number of hydrogen-bond donors (Lipinski definition) is 0. The largest absolute Gasteiger partial charge is 0.497 e. The zero-order valence-electron chi connectivity index (χ0n) is 16.2. The number of carbonyl (C=O) groups is 2. The van der Waals surface area contributed by atoms with Gasteiger partial charge in [-0.2, -0.15) is 0 Å². The predicted octanol–water partition coefficient (Wildman–Crippen LogP) is 3.53. The van der Waals surface area contributed by atoms with Crippen LogP contribution in [0, 0.1) is 6.92 Å². The molecule has 0 aliphatic carbocycles. The molecule has 0 fully saturated rings. The maximum atomic E-state index is 12.9. The Balaban J connectivity index is 2.06. The second kappa shape index (κ2) is 10.4. The van der Waals surface area contributed by atoms with Gasteiger partial charge in [-0.3, -0.25) is 9.59 Å². The van der Waals surface area contributed by atoms with Crippen molar-refractivity contribution in [3.63, 3.8) is 0 Å². The Hall–Kier alpha value is -2.82.